The molecule has 0 saturated carbocycles. The monoisotopic (exact) mass is 378 g/mol. The fraction of sp³-hybridized carbons (Fsp3) is 0.217. The Morgan fingerprint density at radius 2 is 1.48 bits per heavy atom. The number of nitrogens with one attached hydrogen (secondary N) is 1. The highest BCUT2D eigenvalue weighted by Gasteiger charge is 2.09. The van der Waals surface area contributed by atoms with Crippen molar-refractivity contribution in [2.24, 2.45) is 4.36 Å². The Morgan fingerprint density at radius 1 is 0.889 bits per heavy atom. The van der Waals surface area contributed by atoms with Gasteiger partial charge in [-0.3, -0.25) is 0 Å². The number of hydrogen-bond acceptors (Lipinski definition) is 3. The maximum atomic E-state index is 13.1. The standard InChI is InChI=1S/C23H26N2OS/c1-17-14-18(2)21(19(3)15-17)16-24-22-12-8-9-13-23(22)25-27(4,26)20-10-6-5-7-11-20/h5-15,24H,16H2,1-4H3. The van der Waals surface area contributed by atoms with Gasteiger partial charge >= 0.3 is 0 Å². The van der Waals surface area contributed by atoms with Crippen LogP contribution in [0.3, 0.4) is 0 Å². The predicted octanol–water partition coefficient (Wildman–Crippen LogP) is 6.01. The summed E-state index contributed by atoms with van der Waals surface area (Å²) in [5, 5.41) is 3.49. The van der Waals surface area contributed by atoms with Gasteiger partial charge in [0.25, 0.3) is 0 Å². The van der Waals surface area contributed by atoms with Crippen LogP contribution in [0.1, 0.15) is 22.3 Å². The molecule has 0 heterocycles. The molecular formula is C23H26N2OS. The Hall–Kier alpha value is -2.59. The van der Waals surface area contributed by atoms with Crippen LogP contribution in [0.2, 0.25) is 0 Å². The molecular weight excluding hydrogens is 352 g/mol. The summed E-state index contributed by atoms with van der Waals surface area (Å²) in [4.78, 5) is 0.741. The first-order valence-electron chi connectivity index (χ1n) is 9.04. The second kappa shape index (κ2) is 7.97. The Morgan fingerprint density at radius 3 is 2.15 bits per heavy atom. The van der Waals surface area contributed by atoms with E-state index in [1.807, 2.05) is 54.6 Å². The normalized spacial score (nSPS) is 13.0. The number of benzene rings is 3. The first-order valence-corrected chi connectivity index (χ1v) is 11.0. The summed E-state index contributed by atoms with van der Waals surface area (Å²) in [6, 6.07) is 21.6. The Kier molecular flexibility index (Phi) is 5.66. The van der Waals surface area contributed by atoms with Crippen LogP contribution in [0.5, 0.6) is 0 Å². The second-order valence-corrected chi connectivity index (χ2v) is 9.21. The van der Waals surface area contributed by atoms with Crippen LogP contribution in [0, 0.1) is 20.8 Å². The van der Waals surface area contributed by atoms with Gasteiger partial charge in [-0.15, -0.1) is 0 Å². The largest absolute Gasteiger partial charge is 0.379 e. The molecule has 3 aromatic carbocycles. The summed E-state index contributed by atoms with van der Waals surface area (Å²) < 4.78 is 17.7. The van der Waals surface area contributed by atoms with Gasteiger partial charge in [-0.1, -0.05) is 48.0 Å². The van der Waals surface area contributed by atoms with E-state index in [9.17, 15) is 4.21 Å². The maximum Gasteiger partial charge on any atom is 0.0964 e. The molecule has 0 saturated heterocycles. The van der Waals surface area contributed by atoms with Crippen molar-refractivity contribution in [3.8, 4) is 0 Å². The molecule has 4 heteroatoms. The van der Waals surface area contributed by atoms with E-state index in [-0.39, 0.29) is 0 Å². The first-order chi connectivity index (χ1) is 12.9. The van der Waals surface area contributed by atoms with E-state index < -0.39 is 9.73 Å². The van der Waals surface area contributed by atoms with Crippen molar-refractivity contribution in [3.63, 3.8) is 0 Å². The third-order valence-electron chi connectivity index (χ3n) is 4.65. The second-order valence-electron chi connectivity index (χ2n) is 6.95. The number of anilines is 1. The van der Waals surface area contributed by atoms with Crippen molar-refractivity contribution < 1.29 is 4.21 Å². The summed E-state index contributed by atoms with van der Waals surface area (Å²) in [5.74, 6) is 0. The lowest BCUT2D eigenvalue weighted by atomic mass is 10.00. The van der Waals surface area contributed by atoms with E-state index in [0.29, 0.717) is 6.54 Å². The highest BCUT2D eigenvalue weighted by Crippen LogP contribution is 2.29. The Bertz CT molecular complexity index is 1040. The molecule has 0 aliphatic rings. The SMILES string of the molecule is Cc1cc(C)c(CNc2ccccc2N=S(C)(=O)c2ccccc2)c(C)c1. The molecule has 1 N–H and O–H groups in total. The van der Waals surface area contributed by atoms with Crippen molar-refractivity contribution in [3.05, 3.63) is 89.0 Å². The summed E-state index contributed by atoms with van der Waals surface area (Å²) >= 11 is 0. The van der Waals surface area contributed by atoms with Gasteiger partial charge in [-0.2, -0.15) is 4.36 Å². The number of nitrogens with zero attached hydrogens (tertiary/aromatic N) is 1. The van der Waals surface area contributed by atoms with Gasteiger partial charge < -0.3 is 5.32 Å². The van der Waals surface area contributed by atoms with Crippen molar-refractivity contribution in [2.45, 2.75) is 32.2 Å². The van der Waals surface area contributed by atoms with Crippen LogP contribution in [-0.4, -0.2) is 10.5 Å². The third-order valence-corrected chi connectivity index (χ3v) is 6.35. The lowest BCUT2D eigenvalue weighted by Gasteiger charge is -2.15. The summed E-state index contributed by atoms with van der Waals surface area (Å²) in [5.41, 5.74) is 6.73. The van der Waals surface area contributed by atoms with Gasteiger partial charge in [0.05, 0.1) is 21.1 Å². The van der Waals surface area contributed by atoms with Crippen molar-refractivity contribution >= 4 is 21.1 Å². The molecule has 0 radical (unpaired) electrons. The molecule has 0 aliphatic heterocycles. The van der Waals surface area contributed by atoms with E-state index >= 15 is 0 Å². The molecule has 3 rings (SSSR count). The first kappa shape index (κ1) is 19.2. The van der Waals surface area contributed by atoms with Gasteiger partial charge in [-0.05, 0) is 61.7 Å². The molecule has 3 aromatic rings. The van der Waals surface area contributed by atoms with Crippen LogP contribution in [-0.2, 0) is 16.3 Å². The lowest BCUT2D eigenvalue weighted by Crippen LogP contribution is -2.04. The van der Waals surface area contributed by atoms with E-state index in [1.54, 1.807) is 6.26 Å². The molecule has 0 spiro atoms. The van der Waals surface area contributed by atoms with Crippen molar-refractivity contribution in [1.82, 2.24) is 0 Å². The molecule has 0 aromatic heterocycles. The highest BCUT2D eigenvalue weighted by molar-refractivity contribution is 7.93. The summed E-state index contributed by atoms with van der Waals surface area (Å²) in [6.07, 6.45) is 1.69. The van der Waals surface area contributed by atoms with Gasteiger partial charge in [0.1, 0.15) is 0 Å². The fourth-order valence-electron chi connectivity index (χ4n) is 3.29. The minimum atomic E-state index is -2.51. The molecule has 27 heavy (non-hydrogen) atoms. The zero-order chi connectivity index (χ0) is 19.4. The van der Waals surface area contributed by atoms with Crippen LogP contribution in [0.15, 0.2) is 76.0 Å². The van der Waals surface area contributed by atoms with Crippen molar-refractivity contribution in [2.75, 3.05) is 11.6 Å². The minimum Gasteiger partial charge on any atom is -0.379 e. The van der Waals surface area contributed by atoms with E-state index in [4.69, 9.17) is 0 Å². The van der Waals surface area contributed by atoms with Gasteiger partial charge in [0.2, 0.25) is 0 Å². The van der Waals surface area contributed by atoms with Crippen molar-refractivity contribution in [1.29, 1.82) is 0 Å². The zero-order valence-corrected chi connectivity index (χ0v) is 17.1. The third kappa shape index (κ3) is 4.58. The topological polar surface area (TPSA) is 41.5 Å². The summed E-state index contributed by atoms with van der Waals surface area (Å²) in [6.45, 7) is 7.11. The fourth-order valence-corrected chi connectivity index (χ4v) is 4.59. The molecule has 0 bridgehead atoms. The zero-order valence-electron chi connectivity index (χ0n) is 16.3. The Balaban J connectivity index is 1.92. The van der Waals surface area contributed by atoms with Crippen LogP contribution >= 0.6 is 0 Å². The van der Waals surface area contributed by atoms with Crippen LogP contribution < -0.4 is 5.32 Å². The maximum absolute atomic E-state index is 13.1. The smallest absolute Gasteiger partial charge is 0.0964 e. The molecule has 1 unspecified atom stereocenters. The van der Waals surface area contributed by atoms with Gasteiger partial charge in [0.15, 0.2) is 0 Å². The quantitative estimate of drug-likeness (QED) is 0.590. The van der Waals surface area contributed by atoms with Gasteiger partial charge in [-0.25, -0.2) is 4.21 Å². The van der Waals surface area contributed by atoms with E-state index in [0.717, 1.165) is 16.3 Å². The van der Waals surface area contributed by atoms with Crippen LogP contribution in [0.4, 0.5) is 11.4 Å². The molecule has 3 nitrogen and oxygen atoms in total. The number of rotatable bonds is 5. The van der Waals surface area contributed by atoms with Gasteiger partial charge in [0, 0.05) is 17.7 Å². The molecule has 0 fully saturated rings. The number of hydrogen-bond donors (Lipinski definition) is 1. The molecule has 140 valence electrons. The average molecular weight is 379 g/mol. The highest BCUT2D eigenvalue weighted by atomic mass is 32.2. The minimum absolute atomic E-state index is 0.709. The molecule has 1 atom stereocenters. The molecule has 0 amide bonds. The number of para-hydroxylation sites is 1. The lowest BCUT2D eigenvalue weighted by molar-refractivity contribution is 0.681. The summed E-state index contributed by atoms with van der Waals surface area (Å²) in [7, 11) is -2.51. The molecule has 0 aliphatic carbocycles. The van der Waals surface area contributed by atoms with E-state index in [1.165, 1.54) is 22.3 Å². The van der Waals surface area contributed by atoms with Crippen LogP contribution in [0.25, 0.3) is 0 Å². The van der Waals surface area contributed by atoms with E-state index in [2.05, 4.69) is 42.6 Å². The predicted molar refractivity (Wildman–Crippen MR) is 115 cm³/mol. The Labute approximate surface area is 162 Å². The average Bonchev–Trinajstić information content (AvgIpc) is 2.62. The number of aryl methyl sites for hydroxylation is 3.